The van der Waals surface area contributed by atoms with Gasteiger partial charge in [0.15, 0.2) is 0 Å². The van der Waals surface area contributed by atoms with Crippen LogP contribution in [0.15, 0.2) is 78.5 Å². The minimum Gasteiger partial charge on any atom is -0.507 e. The number of fused-ring (bicyclic) bond motifs is 1. The molecule has 1 atom stereocenters. The largest absolute Gasteiger partial charge is 0.507 e. The predicted molar refractivity (Wildman–Crippen MR) is 136 cm³/mol. The third kappa shape index (κ3) is 3.92. The van der Waals surface area contributed by atoms with Crippen LogP contribution < -0.4 is 9.64 Å². The number of H-pyrrole nitrogens is 1. The standard InChI is InChI=1S/C29H25FN2O4/c1-3-14-36-24-13-8-18(15-17(24)2)27(33)25-26(22-16-31-23-7-5-4-6-21(22)23)32(29(35)28(25)34)20-11-9-19(30)10-12-20/h4-13,15-16,26,31,33H,3,14H2,1-2H3/b27-25+. The van der Waals surface area contributed by atoms with Gasteiger partial charge in [0.25, 0.3) is 11.7 Å². The third-order valence-electron chi connectivity index (χ3n) is 6.38. The lowest BCUT2D eigenvalue weighted by molar-refractivity contribution is -0.132. The Labute approximate surface area is 207 Å². The van der Waals surface area contributed by atoms with Crippen LogP contribution in [0.3, 0.4) is 0 Å². The van der Waals surface area contributed by atoms with Crippen LogP contribution in [0.5, 0.6) is 5.75 Å². The summed E-state index contributed by atoms with van der Waals surface area (Å²) in [6, 6.07) is 17.1. The molecule has 1 amide bonds. The Kier molecular flexibility index (Phi) is 6.06. The van der Waals surface area contributed by atoms with Gasteiger partial charge in [-0.05, 0) is 67.4 Å². The number of aliphatic hydroxyl groups is 1. The van der Waals surface area contributed by atoms with E-state index in [2.05, 4.69) is 4.98 Å². The number of carbonyl (C=O) groups excluding carboxylic acids is 2. The molecule has 7 heteroatoms. The smallest absolute Gasteiger partial charge is 0.300 e. The highest BCUT2D eigenvalue weighted by Gasteiger charge is 2.47. The maximum atomic E-state index is 13.7. The van der Waals surface area contributed by atoms with Crippen LogP contribution in [-0.4, -0.2) is 28.4 Å². The predicted octanol–water partition coefficient (Wildman–Crippen LogP) is 6.03. The number of hydrogen-bond donors (Lipinski definition) is 2. The van der Waals surface area contributed by atoms with Crippen molar-refractivity contribution in [2.45, 2.75) is 26.3 Å². The van der Waals surface area contributed by atoms with E-state index in [4.69, 9.17) is 4.74 Å². The summed E-state index contributed by atoms with van der Waals surface area (Å²) < 4.78 is 19.4. The number of ketones is 1. The van der Waals surface area contributed by atoms with E-state index in [1.807, 2.05) is 38.1 Å². The Bertz CT molecular complexity index is 1500. The number of rotatable bonds is 6. The van der Waals surface area contributed by atoms with E-state index in [0.717, 1.165) is 22.9 Å². The number of hydrogen-bond acceptors (Lipinski definition) is 4. The summed E-state index contributed by atoms with van der Waals surface area (Å²) in [5.41, 5.74) is 2.99. The summed E-state index contributed by atoms with van der Waals surface area (Å²) in [6.45, 7) is 4.44. The van der Waals surface area contributed by atoms with Crippen LogP contribution >= 0.6 is 0 Å². The summed E-state index contributed by atoms with van der Waals surface area (Å²) in [4.78, 5) is 31.2. The van der Waals surface area contributed by atoms with Crippen molar-refractivity contribution in [1.82, 2.24) is 4.98 Å². The lowest BCUT2D eigenvalue weighted by atomic mass is 9.94. The van der Waals surface area contributed by atoms with Crippen molar-refractivity contribution in [2.24, 2.45) is 0 Å². The molecule has 2 N–H and O–H groups in total. The van der Waals surface area contributed by atoms with Gasteiger partial charge in [-0.2, -0.15) is 0 Å². The number of carbonyl (C=O) groups is 2. The number of aryl methyl sites for hydroxylation is 1. The van der Waals surface area contributed by atoms with E-state index >= 15 is 0 Å². The average Bonchev–Trinajstić information content (AvgIpc) is 3.42. The number of aliphatic hydroxyl groups excluding tert-OH is 1. The summed E-state index contributed by atoms with van der Waals surface area (Å²) in [5.74, 6) is -1.65. The van der Waals surface area contributed by atoms with E-state index < -0.39 is 23.5 Å². The first-order valence-corrected chi connectivity index (χ1v) is 11.8. The van der Waals surface area contributed by atoms with Crippen molar-refractivity contribution in [2.75, 3.05) is 11.5 Å². The third-order valence-corrected chi connectivity index (χ3v) is 6.38. The van der Waals surface area contributed by atoms with Crippen LogP contribution in [-0.2, 0) is 9.59 Å². The quantitative estimate of drug-likeness (QED) is 0.199. The van der Waals surface area contributed by atoms with Crippen molar-refractivity contribution < 1.29 is 23.8 Å². The molecule has 0 spiro atoms. The second-order valence-corrected chi connectivity index (χ2v) is 8.76. The lowest BCUT2D eigenvalue weighted by Crippen LogP contribution is -2.29. The van der Waals surface area contributed by atoms with E-state index in [1.54, 1.807) is 24.4 Å². The number of aromatic amines is 1. The van der Waals surface area contributed by atoms with E-state index in [-0.39, 0.29) is 11.3 Å². The average molecular weight is 485 g/mol. The molecule has 6 nitrogen and oxygen atoms in total. The molecular formula is C29H25FN2O4. The molecular weight excluding hydrogens is 459 g/mol. The zero-order valence-corrected chi connectivity index (χ0v) is 19.9. The van der Waals surface area contributed by atoms with Crippen LogP contribution in [0, 0.1) is 12.7 Å². The molecule has 0 bridgehead atoms. The minimum absolute atomic E-state index is 0.0318. The SMILES string of the molecule is CCCOc1ccc(/C(O)=C2\C(=O)C(=O)N(c3ccc(F)cc3)C2c2c[nH]c3ccccc23)cc1C. The molecule has 2 heterocycles. The van der Waals surface area contributed by atoms with Gasteiger partial charge in [-0.25, -0.2) is 4.39 Å². The van der Waals surface area contributed by atoms with Crippen LogP contribution in [0.25, 0.3) is 16.7 Å². The normalized spacial score (nSPS) is 17.2. The van der Waals surface area contributed by atoms with Gasteiger partial charge >= 0.3 is 0 Å². The van der Waals surface area contributed by atoms with E-state index in [1.165, 1.54) is 29.2 Å². The fourth-order valence-electron chi connectivity index (χ4n) is 4.64. The number of halogens is 1. The number of para-hydroxylation sites is 1. The fourth-order valence-corrected chi connectivity index (χ4v) is 4.64. The van der Waals surface area contributed by atoms with Crippen molar-refractivity contribution in [3.8, 4) is 5.75 Å². The van der Waals surface area contributed by atoms with Crippen molar-refractivity contribution in [3.05, 3.63) is 101 Å². The van der Waals surface area contributed by atoms with Gasteiger partial charge in [0, 0.05) is 33.9 Å². The number of nitrogens with zero attached hydrogens (tertiary/aromatic N) is 1. The Balaban J connectivity index is 1.70. The lowest BCUT2D eigenvalue weighted by Gasteiger charge is -2.25. The molecule has 0 aliphatic carbocycles. The number of nitrogens with one attached hydrogen (secondary N) is 1. The molecule has 1 fully saturated rings. The molecule has 0 saturated carbocycles. The zero-order chi connectivity index (χ0) is 25.4. The Morgan fingerprint density at radius 3 is 2.56 bits per heavy atom. The number of ether oxygens (including phenoxy) is 1. The fraction of sp³-hybridized carbons (Fsp3) is 0.172. The van der Waals surface area contributed by atoms with Crippen molar-refractivity contribution >= 4 is 34.0 Å². The Hall–Kier alpha value is -4.39. The second-order valence-electron chi connectivity index (χ2n) is 8.76. The van der Waals surface area contributed by atoms with Gasteiger partial charge in [-0.15, -0.1) is 0 Å². The number of benzene rings is 3. The van der Waals surface area contributed by atoms with Gasteiger partial charge in [0.1, 0.15) is 17.3 Å². The zero-order valence-electron chi connectivity index (χ0n) is 19.9. The van der Waals surface area contributed by atoms with Crippen LogP contribution in [0.2, 0.25) is 0 Å². The number of amides is 1. The van der Waals surface area contributed by atoms with Crippen molar-refractivity contribution in [1.29, 1.82) is 0 Å². The molecule has 0 radical (unpaired) electrons. The molecule has 1 saturated heterocycles. The first-order valence-electron chi connectivity index (χ1n) is 11.8. The molecule has 36 heavy (non-hydrogen) atoms. The highest BCUT2D eigenvalue weighted by atomic mass is 19.1. The Morgan fingerprint density at radius 1 is 1.08 bits per heavy atom. The molecule has 3 aromatic carbocycles. The molecule has 1 aromatic heterocycles. The minimum atomic E-state index is -0.914. The molecule has 5 rings (SSSR count). The topological polar surface area (TPSA) is 82.6 Å². The maximum absolute atomic E-state index is 13.7. The summed E-state index contributed by atoms with van der Waals surface area (Å²) in [5, 5.41) is 12.2. The highest BCUT2D eigenvalue weighted by Crippen LogP contribution is 2.44. The first kappa shape index (κ1) is 23.4. The summed E-state index contributed by atoms with van der Waals surface area (Å²) in [6.07, 6.45) is 2.59. The number of anilines is 1. The summed E-state index contributed by atoms with van der Waals surface area (Å²) in [7, 11) is 0. The van der Waals surface area contributed by atoms with Gasteiger partial charge in [0.2, 0.25) is 0 Å². The number of aromatic nitrogens is 1. The second kappa shape index (κ2) is 9.34. The van der Waals surface area contributed by atoms with E-state index in [0.29, 0.717) is 29.2 Å². The first-order chi connectivity index (χ1) is 17.4. The van der Waals surface area contributed by atoms with Crippen molar-refractivity contribution in [3.63, 3.8) is 0 Å². The monoisotopic (exact) mass is 484 g/mol. The molecule has 1 aliphatic rings. The number of Topliss-reactive ketones (excluding diaryl/α,β-unsaturated/α-hetero) is 1. The molecule has 1 aliphatic heterocycles. The van der Waals surface area contributed by atoms with Crippen LogP contribution in [0.1, 0.15) is 36.1 Å². The Morgan fingerprint density at radius 2 is 1.83 bits per heavy atom. The molecule has 182 valence electrons. The van der Waals surface area contributed by atoms with Gasteiger partial charge in [-0.3, -0.25) is 14.5 Å². The van der Waals surface area contributed by atoms with Gasteiger partial charge < -0.3 is 14.8 Å². The molecule has 4 aromatic rings. The van der Waals surface area contributed by atoms with Crippen LogP contribution in [0.4, 0.5) is 10.1 Å². The van der Waals surface area contributed by atoms with Gasteiger partial charge in [-0.1, -0.05) is 25.1 Å². The van der Waals surface area contributed by atoms with Gasteiger partial charge in [0.05, 0.1) is 18.2 Å². The maximum Gasteiger partial charge on any atom is 0.300 e. The molecule has 1 unspecified atom stereocenters. The summed E-state index contributed by atoms with van der Waals surface area (Å²) >= 11 is 0. The highest BCUT2D eigenvalue weighted by molar-refractivity contribution is 6.51. The van der Waals surface area contributed by atoms with E-state index in [9.17, 15) is 19.1 Å².